The Balaban J connectivity index is 2.92. The number of rotatable bonds is 6. The van der Waals surface area contributed by atoms with Gasteiger partial charge in [-0.2, -0.15) is 11.8 Å². The number of nitrogens with one attached hydrogen (secondary N) is 1. The number of aliphatic hydroxyl groups is 1. The summed E-state index contributed by atoms with van der Waals surface area (Å²) in [5, 5.41) is 8.72. The van der Waals surface area contributed by atoms with Crippen molar-refractivity contribution in [3.63, 3.8) is 0 Å². The van der Waals surface area contributed by atoms with Crippen molar-refractivity contribution in [2.75, 3.05) is 25.2 Å². The first-order chi connectivity index (χ1) is 9.51. The number of benzene rings is 1. The molecular formula is C14H19NO3S2. The van der Waals surface area contributed by atoms with Gasteiger partial charge < -0.3 is 5.11 Å². The molecule has 0 saturated carbocycles. The minimum absolute atomic E-state index is 0.150. The summed E-state index contributed by atoms with van der Waals surface area (Å²) in [6.07, 6.45) is 1.99. The van der Waals surface area contributed by atoms with Gasteiger partial charge in [0.2, 0.25) is 10.0 Å². The van der Waals surface area contributed by atoms with E-state index in [1.54, 1.807) is 30.0 Å². The van der Waals surface area contributed by atoms with E-state index in [2.05, 4.69) is 16.6 Å². The third-order valence-electron chi connectivity index (χ3n) is 2.55. The fraction of sp³-hybridized carbons (Fsp3) is 0.429. The third-order valence-corrected chi connectivity index (χ3v) is 4.94. The molecule has 0 heterocycles. The molecule has 1 aromatic carbocycles. The van der Waals surface area contributed by atoms with E-state index in [0.717, 1.165) is 5.75 Å². The van der Waals surface area contributed by atoms with Crippen molar-refractivity contribution in [2.45, 2.75) is 11.8 Å². The van der Waals surface area contributed by atoms with Gasteiger partial charge in [0.05, 0.1) is 4.90 Å². The summed E-state index contributed by atoms with van der Waals surface area (Å²) < 4.78 is 27.2. The Labute approximate surface area is 125 Å². The minimum atomic E-state index is -3.58. The van der Waals surface area contributed by atoms with Crippen LogP contribution in [0.4, 0.5) is 0 Å². The molecule has 0 radical (unpaired) electrons. The molecule has 1 atom stereocenters. The van der Waals surface area contributed by atoms with Crippen molar-refractivity contribution >= 4 is 21.8 Å². The van der Waals surface area contributed by atoms with E-state index in [-0.39, 0.29) is 17.4 Å². The standard InChI is InChI=1S/C14H19NO3S2/c1-12(11-19-2)10-15-20(17,18)14-8-4-3-6-13(14)7-5-9-16/h3-4,6,8,12,15-16H,9-11H2,1-2H3. The number of hydrogen-bond acceptors (Lipinski definition) is 4. The van der Waals surface area contributed by atoms with Gasteiger partial charge in [0.25, 0.3) is 0 Å². The van der Waals surface area contributed by atoms with Gasteiger partial charge in [-0.3, -0.25) is 0 Å². The van der Waals surface area contributed by atoms with Crippen LogP contribution in [0.15, 0.2) is 29.2 Å². The molecule has 4 nitrogen and oxygen atoms in total. The summed E-state index contributed by atoms with van der Waals surface area (Å²) in [5.74, 6) is 6.29. The Morgan fingerprint density at radius 3 is 2.75 bits per heavy atom. The van der Waals surface area contributed by atoms with Crippen LogP contribution < -0.4 is 4.72 Å². The van der Waals surface area contributed by atoms with Crippen molar-refractivity contribution in [1.82, 2.24) is 4.72 Å². The van der Waals surface area contributed by atoms with Crippen LogP contribution in [0.2, 0.25) is 0 Å². The van der Waals surface area contributed by atoms with Crippen molar-refractivity contribution < 1.29 is 13.5 Å². The molecule has 110 valence electrons. The highest BCUT2D eigenvalue weighted by molar-refractivity contribution is 7.98. The fourth-order valence-corrected chi connectivity index (χ4v) is 3.62. The van der Waals surface area contributed by atoms with Crippen LogP contribution in [-0.2, 0) is 10.0 Å². The van der Waals surface area contributed by atoms with Gasteiger partial charge in [0, 0.05) is 12.1 Å². The van der Waals surface area contributed by atoms with E-state index in [4.69, 9.17) is 5.11 Å². The lowest BCUT2D eigenvalue weighted by atomic mass is 10.2. The Morgan fingerprint density at radius 1 is 1.40 bits per heavy atom. The topological polar surface area (TPSA) is 66.4 Å². The lowest BCUT2D eigenvalue weighted by Gasteiger charge is -2.12. The summed E-state index contributed by atoms with van der Waals surface area (Å²) in [7, 11) is -3.58. The van der Waals surface area contributed by atoms with Crippen molar-refractivity contribution in [2.24, 2.45) is 5.92 Å². The summed E-state index contributed by atoms with van der Waals surface area (Å²) in [4.78, 5) is 0.150. The maximum atomic E-state index is 12.3. The molecule has 0 aliphatic heterocycles. The molecule has 1 unspecified atom stereocenters. The zero-order chi connectivity index (χ0) is 15.0. The largest absolute Gasteiger partial charge is 0.384 e. The second kappa shape index (κ2) is 8.32. The van der Waals surface area contributed by atoms with Gasteiger partial charge in [-0.25, -0.2) is 13.1 Å². The molecule has 6 heteroatoms. The first kappa shape index (κ1) is 17.1. The van der Waals surface area contributed by atoms with Crippen LogP contribution in [-0.4, -0.2) is 38.7 Å². The Morgan fingerprint density at radius 2 is 2.10 bits per heavy atom. The van der Waals surface area contributed by atoms with Crippen LogP contribution >= 0.6 is 11.8 Å². The highest BCUT2D eigenvalue weighted by Gasteiger charge is 2.17. The summed E-state index contributed by atoms with van der Waals surface area (Å²) in [6.45, 7) is 2.09. The van der Waals surface area contributed by atoms with Gasteiger partial charge in [0.1, 0.15) is 6.61 Å². The van der Waals surface area contributed by atoms with E-state index in [1.165, 1.54) is 6.07 Å². The van der Waals surface area contributed by atoms with E-state index in [9.17, 15) is 8.42 Å². The molecule has 0 aliphatic carbocycles. The fourth-order valence-electron chi connectivity index (χ4n) is 1.61. The number of hydrogen-bond donors (Lipinski definition) is 2. The lowest BCUT2D eigenvalue weighted by Crippen LogP contribution is -2.29. The van der Waals surface area contributed by atoms with Gasteiger partial charge in [-0.05, 0) is 30.1 Å². The zero-order valence-corrected chi connectivity index (χ0v) is 13.2. The average Bonchev–Trinajstić information content (AvgIpc) is 2.44. The Kier molecular flexibility index (Phi) is 7.10. The average molecular weight is 313 g/mol. The molecule has 0 aromatic heterocycles. The summed E-state index contributed by atoms with van der Waals surface area (Å²) in [6, 6.07) is 6.52. The van der Waals surface area contributed by atoms with E-state index < -0.39 is 10.0 Å². The Hall–Kier alpha value is -1.00. The third kappa shape index (κ3) is 5.17. The predicted octanol–water partition coefficient (Wildman–Crippen LogP) is 1.31. The number of sulfonamides is 1. The maximum absolute atomic E-state index is 12.3. The van der Waals surface area contributed by atoms with Crippen LogP contribution in [0, 0.1) is 17.8 Å². The quantitative estimate of drug-likeness (QED) is 0.777. The van der Waals surface area contributed by atoms with E-state index >= 15 is 0 Å². The van der Waals surface area contributed by atoms with Crippen molar-refractivity contribution in [3.05, 3.63) is 29.8 Å². The van der Waals surface area contributed by atoms with Crippen molar-refractivity contribution in [3.8, 4) is 11.8 Å². The van der Waals surface area contributed by atoms with Gasteiger partial charge >= 0.3 is 0 Å². The predicted molar refractivity (Wildman–Crippen MR) is 83.1 cm³/mol. The molecule has 0 amide bonds. The molecule has 0 spiro atoms. The maximum Gasteiger partial charge on any atom is 0.241 e. The second-order valence-electron chi connectivity index (χ2n) is 4.37. The van der Waals surface area contributed by atoms with E-state index in [0.29, 0.717) is 12.1 Å². The SMILES string of the molecule is CSCC(C)CNS(=O)(=O)c1ccccc1C#CCO. The van der Waals surface area contributed by atoms with Crippen LogP contribution in [0.1, 0.15) is 12.5 Å². The molecule has 2 N–H and O–H groups in total. The highest BCUT2D eigenvalue weighted by atomic mass is 32.2. The molecule has 0 saturated heterocycles. The van der Waals surface area contributed by atoms with Crippen molar-refractivity contribution in [1.29, 1.82) is 0 Å². The summed E-state index contributed by atoms with van der Waals surface area (Å²) >= 11 is 1.69. The van der Waals surface area contributed by atoms with Crippen LogP contribution in [0.3, 0.4) is 0 Å². The smallest absolute Gasteiger partial charge is 0.241 e. The molecule has 0 bridgehead atoms. The molecule has 0 aliphatic rings. The van der Waals surface area contributed by atoms with E-state index in [1.807, 2.05) is 13.2 Å². The number of aliphatic hydroxyl groups excluding tert-OH is 1. The second-order valence-corrected chi connectivity index (χ2v) is 7.01. The van der Waals surface area contributed by atoms with Gasteiger partial charge in [-0.15, -0.1) is 0 Å². The van der Waals surface area contributed by atoms with Crippen LogP contribution in [0.25, 0.3) is 0 Å². The molecule has 20 heavy (non-hydrogen) atoms. The molecule has 1 rings (SSSR count). The van der Waals surface area contributed by atoms with Gasteiger partial charge in [-0.1, -0.05) is 30.9 Å². The molecule has 0 fully saturated rings. The summed E-state index contributed by atoms with van der Waals surface area (Å²) in [5.41, 5.74) is 0.395. The Bertz CT molecular complexity index is 588. The first-order valence-corrected chi connectivity index (χ1v) is 9.06. The molecule has 1 aromatic rings. The normalized spacial score (nSPS) is 12.6. The van der Waals surface area contributed by atoms with Gasteiger partial charge in [0.15, 0.2) is 0 Å². The van der Waals surface area contributed by atoms with Crippen LogP contribution in [0.5, 0.6) is 0 Å². The minimum Gasteiger partial charge on any atom is -0.384 e. The molecular weight excluding hydrogens is 294 g/mol. The highest BCUT2D eigenvalue weighted by Crippen LogP contribution is 2.14. The lowest BCUT2D eigenvalue weighted by molar-refractivity contribution is 0.350. The monoisotopic (exact) mass is 313 g/mol. The first-order valence-electron chi connectivity index (χ1n) is 6.18. The zero-order valence-electron chi connectivity index (χ0n) is 11.6. The number of thioether (sulfide) groups is 1.